The number of hydrogen-bond acceptors (Lipinski definition) is 5. The Balaban J connectivity index is 1.71. The zero-order valence-corrected chi connectivity index (χ0v) is 25.4. The number of ether oxygens (including phenoxy) is 1. The fourth-order valence-electron chi connectivity index (χ4n) is 5.08. The Labute approximate surface area is 258 Å². The lowest BCUT2D eigenvalue weighted by atomic mass is 9.91. The molecule has 0 bridgehead atoms. The van der Waals surface area contributed by atoms with Crippen LogP contribution in [0.5, 0.6) is 0 Å². The molecule has 0 aromatic heterocycles. The third kappa shape index (κ3) is 7.77. The van der Waals surface area contributed by atoms with E-state index in [2.05, 4.69) is 38.3 Å². The number of amides is 2. The van der Waals surface area contributed by atoms with Crippen molar-refractivity contribution in [2.24, 2.45) is 17.6 Å². The van der Waals surface area contributed by atoms with Gasteiger partial charge in [-0.05, 0) is 71.0 Å². The number of esters is 1. The highest BCUT2D eigenvalue weighted by molar-refractivity contribution is 6.11. The van der Waals surface area contributed by atoms with E-state index in [4.69, 9.17) is 15.9 Å². The minimum absolute atomic E-state index is 0.0513. The van der Waals surface area contributed by atoms with Gasteiger partial charge in [0.25, 0.3) is 11.8 Å². The van der Waals surface area contributed by atoms with Crippen molar-refractivity contribution >= 4 is 29.3 Å². The van der Waals surface area contributed by atoms with E-state index in [0.29, 0.717) is 33.5 Å². The first-order chi connectivity index (χ1) is 21.0. The first-order valence-corrected chi connectivity index (χ1v) is 14.6. The van der Waals surface area contributed by atoms with Crippen molar-refractivity contribution in [1.29, 1.82) is 5.41 Å². The molecule has 8 heteroatoms. The topological polar surface area (TPSA) is 134 Å². The molecule has 0 aliphatic carbocycles. The van der Waals surface area contributed by atoms with Crippen LogP contribution in [0, 0.1) is 17.2 Å². The fourth-order valence-corrected chi connectivity index (χ4v) is 5.08. The molecule has 0 heterocycles. The standard InChI is InChI=1S/C36H38N4O4/c1-22(2)32(23(3)4)40-34(41)26-16-19-29(31(20-26)36(43)44-21-24-10-6-5-7-11-24)28-12-8-9-13-30(28)35(42)39-27-17-14-25(15-18-27)33(37)38/h5-20,22-23,32H,21H2,1-4H3,(H3,37,38)(H,39,42)(H,40,41). The molecule has 2 amide bonds. The summed E-state index contributed by atoms with van der Waals surface area (Å²) in [6.45, 7) is 8.27. The molecule has 0 fully saturated rings. The minimum atomic E-state index is -0.613. The summed E-state index contributed by atoms with van der Waals surface area (Å²) in [6.07, 6.45) is 0. The van der Waals surface area contributed by atoms with E-state index in [0.717, 1.165) is 5.56 Å². The first kappa shape index (κ1) is 31.7. The summed E-state index contributed by atoms with van der Waals surface area (Å²) >= 11 is 0. The number of nitrogens with one attached hydrogen (secondary N) is 3. The second-order valence-corrected chi connectivity index (χ2v) is 11.3. The quantitative estimate of drug-likeness (QED) is 0.0881. The molecule has 5 N–H and O–H groups in total. The predicted molar refractivity (Wildman–Crippen MR) is 174 cm³/mol. The van der Waals surface area contributed by atoms with Gasteiger partial charge < -0.3 is 21.1 Å². The molecule has 0 saturated heterocycles. The number of benzene rings is 4. The lowest BCUT2D eigenvalue weighted by Gasteiger charge is -2.26. The van der Waals surface area contributed by atoms with Crippen molar-refractivity contribution in [2.75, 3.05) is 5.32 Å². The molecule has 0 unspecified atom stereocenters. The average Bonchev–Trinajstić information content (AvgIpc) is 3.02. The van der Waals surface area contributed by atoms with Crippen LogP contribution < -0.4 is 16.4 Å². The highest BCUT2D eigenvalue weighted by Gasteiger charge is 2.24. The maximum Gasteiger partial charge on any atom is 0.339 e. The monoisotopic (exact) mass is 590 g/mol. The lowest BCUT2D eigenvalue weighted by molar-refractivity contribution is 0.0473. The van der Waals surface area contributed by atoms with Crippen LogP contribution in [0.3, 0.4) is 0 Å². The van der Waals surface area contributed by atoms with Gasteiger partial charge in [0.1, 0.15) is 12.4 Å². The van der Waals surface area contributed by atoms with E-state index in [9.17, 15) is 14.4 Å². The third-order valence-electron chi connectivity index (χ3n) is 7.36. The van der Waals surface area contributed by atoms with E-state index in [-0.39, 0.29) is 41.8 Å². The van der Waals surface area contributed by atoms with Gasteiger partial charge in [-0.3, -0.25) is 15.0 Å². The highest BCUT2D eigenvalue weighted by atomic mass is 16.5. The van der Waals surface area contributed by atoms with Crippen LogP contribution in [0.4, 0.5) is 5.69 Å². The maximum atomic E-state index is 13.6. The number of anilines is 1. The summed E-state index contributed by atoms with van der Waals surface area (Å²) in [5.74, 6) is -0.923. The van der Waals surface area contributed by atoms with Gasteiger partial charge in [-0.1, -0.05) is 82.3 Å². The summed E-state index contributed by atoms with van der Waals surface area (Å²) in [5.41, 5.74) is 9.22. The summed E-state index contributed by atoms with van der Waals surface area (Å²) in [7, 11) is 0. The van der Waals surface area contributed by atoms with Crippen LogP contribution in [-0.4, -0.2) is 29.7 Å². The Hall–Kier alpha value is -5.24. The van der Waals surface area contributed by atoms with Gasteiger partial charge >= 0.3 is 5.97 Å². The number of amidine groups is 1. The van der Waals surface area contributed by atoms with Crippen LogP contribution in [0.1, 0.15) is 69.9 Å². The van der Waals surface area contributed by atoms with E-state index >= 15 is 0 Å². The Bertz CT molecular complexity index is 1640. The third-order valence-corrected chi connectivity index (χ3v) is 7.36. The fraction of sp³-hybridized carbons (Fsp3) is 0.222. The van der Waals surface area contributed by atoms with E-state index in [1.165, 1.54) is 6.07 Å². The van der Waals surface area contributed by atoms with Crippen LogP contribution in [-0.2, 0) is 11.3 Å². The molecular formula is C36H38N4O4. The Morgan fingerprint density at radius 1 is 0.727 bits per heavy atom. The predicted octanol–water partition coefficient (Wildman–Crippen LogP) is 6.66. The van der Waals surface area contributed by atoms with Gasteiger partial charge in [0.15, 0.2) is 0 Å². The molecule has 4 rings (SSSR count). The van der Waals surface area contributed by atoms with E-state index in [1.54, 1.807) is 60.7 Å². The Kier molecular flexibility index (Phi) is 10.3. The zero-order valence-electron chi connectivity index (χ0n) is 25.4. The van der Waals surface area contributed by atoms with Crippen LogP contribution in [0.15, 0.2) is 97.1 Å². The molecule has 0 radical (unpaired) electrons. The van der Waals surface area contributed by atoms with Crippen molar-refractivity contribution in [3.05, 3.63) is 125 Å². The van der Waals surface area contributed by atoms with Gasteiger partial charge in [-0.15, -0.1) is 0 Å². The molecule has 4 aromatic carbocycles. The molecule has 0 saturated carbocycles. The summed E-state index contributed by atoms with van der Waals surface area (Å²) in [6, 6.07) is 27.7. The molecule has 8 nitrogen and oxygen atoms in total. The van der Waals surface area contributed by atoms with Crippen LogP contribution in [0.2, 0.25) is 0 Å². The normalized spacial score (nSPS) is 11.0. The van der Waals surface area contributed by atoms with E-state index < -0.39 is 11.9 Å². The van der Waals surface area contributed by atoms with Crippen molar-refractivity contribution in [2.45, 2.75) is 40.3 Å². The number of nitrogens with two attached hydrogens (primary N) is 1. The van der Waals surface area contributed by atoms with Gasteiger partial charge in [0.2, 0.25) is 0 Å². The molecule has 0 aliphatic rings. The minimum Gasteiger partial charge on any atom is -0.457 e. The number of carbonyl (C=O) groups excluding carboxylic acids is 3. The van der Waals surface area contributed by atoms with Gasteiger partial charge in [0.05, 0.1) is 5.56 Å². The molecule has 0 atom stereocenters. The average molecular weight is 591 g/mol. The highest BCUT2D eigenvalue weighted by Crippen LogP contribution is 2.30. The number of carbonyl (C=O) groups is 3. The lowest BCUT2D eigenvalue weighted by Crippen LogP contribution is -2.42. The van der Waals surface area contributed by atoms with Crippen molar-refractivity contribution in [1.82, 2.24) is 5.32 Å². The van der Waals surface area contributed by atoms with Crippen LogP contribution in [0.25, 0.3) is 11.1 Å². The smallest absolute Gasteiger partial charge is 0.339 e. The van der Waals surface area contributed by atoms with Gasteiger partial charge in [0, 0.05) is 28.4 Å². The molecule has 226 valence electrons. The molecular weight excluding hydrogens is 552 g/mol. The zero-order chi connectivity index (χ0) is 31.8. The second kappa shape index (κ2) is 14.3. The molecule has 0 aliphatic heterocycles. The molecule has 0 spiro atoms. The SMILES string of the molecule is CC(C)C(NC(=O)c1ccc(-c2ccccc2C(=O)Nc2ccc(C(=N)N)cc2)c(C(=O)OCc2ccccc2)c1)C(C)C. The molecule has 4 aromatic rings. The van der Waals surface area contributed by atoms with Gasteiger partial charge in [-0.2, -0.15) is 0 Å². The molecule has 44 heavy (non-hydrogen) atoms. The van der Waals surface area contributed by atoms with Crippen LogP contribution >= 0.6 is 0 Å². The Morgan fingerprint density at radius 3 is 1.95 bits per heavy atom. The Morgan fingerprint density at radius 2 is 1.32 bits per heavy atom. The maximum absolute atomic E-state index is 13.6. The number of hydrogen-bond donors (Lipinski definition) is 4. The van der Waals surface area contributed by atoms with Crippen molar-refractivity contribution in [3.63, 3.8) is 0 Å². The summed E-state index contributed by atoms with van der Waals surface area (Å²) < 4.78 is 5.70. The number of nitrogen functional groups attached to an aromatic ring is 1. The summed E-state index contributed by atoms with van der Waals surface area (Å²) in [4.78, 5) is 40.4. The first-order valence-electron chi connectivity index (χ1n) is 14.6. The van der Waals surface area contributed by atoms with Gasteiger partial charge in [-0.25, -0.2) is 4.79 Å². The van der Waals surface area contributed by atoms with E-state index in [1.807, 2.05) is 30.3 Å². The van der Waals surface area contributed by atoms with Crippen molar-refractivity contribution in [3.8, 4) is 11.1 Å². The largest absolute Gasteiger partial charge is 0.457 e. The second-order valence-electron chi connectivity index (χ2n) is 11.3. The summed E-state index contributed by atoms with van der Waals surface area (Å²) in [5, 5.41) is 13.6. The number of rotatable bonds is 11. The van der Waals surface area contributed by atoms with Crippen molar-refractivity contribution < 1.29 is 19.1 Å².